The lowest BCUT2D eigenvalue weighted by Gasteiger charge is -2.28. The van der Waals surface area contributed by atoms with Crippen molar-refractivity contribution in [2.45, 2.75) is 0 Å². The van der Waals surface area contributed by atoms with Gasteiger partial charge in [0.15, 0.2) is 0 Å². The molecule has 3 heteroatoms. The van der Waals surface area contributed by atoms with E-state index in [2.05, 4.69) is 205 Å². The molecule has 10 aromatic carbocycles. The maximum atomic E-state index is 6.71. The first-order chi connectivity index (χ1) is 30.2. The molecule has 0 aliphatic carbocycles. The highest BCUT2D eigenvalue weighted by Crippen LogP contribution is 2.46. The zero-order chi connectivity index (χ0) is 40.3. The van der Waals surface area contributed by atoms with Crippen LogP contribution >= 0.6 is 0 Å². The summed E-state index contributed by atoms with van der Waals surface area (Å²) < 4.78 is 13.0. The lowest BCUT2D eigenvalue weighted by Crippen LogP contribution is -2.11. The number of rotatable bonds is 7. The Balaban J connectivity index is 0.993. The topological polar surface area (TPSA) is 29.5 Å². The van der Waals surface area contributed by atoms with Crippen molar-refractivity contribution in [2.24, 2.45) is 0 Å². The summed E-state index contributed by atoms with van der Waals surface area (Å²) >= 11 is 0. The van der Waals surface area contributed by atoms with Gasteiger partial charge in [0.1, 0.15) is 22.3 Å². The summed E-state index contributed by atoms with van der Waals surface area (Å²) in [4.78, 5) is 2.38. The molecule has 0 aliphatic rings. The molecule has 0 aliphatic heterocycles. The van der Waals surface area contributed by atoms with Gasteiger partial charge in [-0.3, -0.25) is 0 Å². The van der Waals surface area contributed by atoms with E-state index in [1.807, 2.05) is 24.3 Å². The highest BCUT2D eigenvalue weighted by Gasteiger charge is 2.21. The van der Waals surface area contributed by atoms with Crippen LogP contribution in [0.1, 0.15) is 0 Å². The predicted octanol–water partition coefficient (Wildman–Crippen LogP) is 16.8. The molecule has 0 unspecified atom stereocenters. The van der Waals surface area contributed by atoms with Gasteiger partial charge >= 0.3 is 0 Å². The first-order valence-electron chi connectivity index (χ1n) is 20.7. The second-order valence-corrected chi connectivity index (χ2v) is 15.6. The van der Waals surface area contributed by atoms with Crippen LogP contribution in [-0.4, -0.2) is 0 Å². The second kappa shape index (κ2) is 14.3. The van der Waals surface area contributed by atoms with Crippen molar-refractivity contribution in [3.05, 3.63) is 224 Å². The molecule has 0 saturated carbocycles. The van der Waals surface area contributed by atoms with Gasteiger partial charge in [-0.25, -0.2) is 0 Å². The molecule has 0 atom stereocenters. The molecule has 12 aromatic rings. The van der Waals surface area contributed by atoms with Crippen LogP contribution < -0.4 is 4.90 Å². The minimum atomic E-state index is 0.856. The Labute approximate surface area is 353 Å². The Morgan fingerprint density at radius 2 is 0.705 bits per heavy atom. The summed E-state index contributed by atoms with van der Waals surface area (Å²) in [7, 11) is 0. The molecule has 0 N–H and O–H groups in total. The van der Waals surface area contributed by atoms with Crippen molar-refractivity contribution < 1.29 is 8.83 Å². The summed E-state index contributed by atoms with van der Waals surface area (Å²) in [5, 5.41) is 6.73. The fourth-order valence-corrected chi connectivity index (χ4v) is 9.21. The smallest absolute Gasteiger partial charge is 0.136 e. The number of para-hydroxylation sites is 2. The van der Waals surface area contributed by atoms with Gasteiger partial charge in [-0.1, -0.05) is 170 Å². The van der Waals surface area contributed by atoms with E-state index >= 15 is 0 Å². The average molecular weight is 780 g/mol. The van der Waals surface area contributed by atoms with Crippen LogP contribution in [0, 0.1) is 0 Å². The fraction of sp³-hybridized carbons (Fsp3) is 0. The summed E-state index contributed by atoms with van der Waals surface area (Å²) in [5.41, 5.74) is 16.0. The molecule has 0 fully saturated rings. The largest absolute Gasteiger partial charge is 0.456 e. The first kappa shape index (κ1) is 34.9. The molecule has 0 bridgehead atoms. The number of benzene rings is 10. The SMILES string of the molecule is c1ccc(-c2ccc(-c3ccccc3N(c3ccc(-c4ccccc4)cc3)c3ccc(-c4cc5oc6ccc7oc8ccccc8c7c6c5c5ccccc45)cc3)cc2)cc1. The zero-order valence-corrected chi connectivity index (χ0v) is 33.1. The number of hydrogen-bond acceptors (Lipinski definition) is 3. The van der Waals surface area contributed by atoms with E-state index in [0.717, 1.165) is 88.6 Å². The van der Waals surface area contributed by atoms with Crippen LogP contribution in [0.15, 0.2) is 233 Å². The second-order valence-electron chi connectivity index (χ2n) is 15.6. The minimum absolute atomic E-state index is 0.856. The molecule has 286 valence electrons. The van der Waals surface area contributed by atoms with Gasteiger partial charge in [-0.2, -0.15) is 0 Å². The van der Waals surface area contributed by atoms with Crippen molar-refractivity contribution in [3.8, 4) is 44.5 Å². The van der Waals surface area contributed by atoms with E-state index in [0.29, 0.717) is 0 Å². The summed E-state index contributed by atoms with van der Waals surface area (Å²) in [6, 6.07) is 79.8. The number of nitrogens with zero attached hydrogens (tertiary/aromatic N) is 1. The molecule has 2 aromatic heterocycles. The Hall–Kier alpha value is -8.14. The monoisotopic (exact) mass is 779 g/mol. The fourth-order valence-electron chi connectivity index (χ4n) is 9.21. The number of anilines is 3. The quantitative estimate of drug-likeness (QED) is 0.161. The highest BCUT2D eigenvalue weighted by atomic mass is 16.3. The van der Waals surface area contributed by atoms with Crippen LogP contribution in [0.5, 0.6) is 0 Å². The lowest BCUT2D eigenvalue weighted by molar-refractivity contribution is 0.663. The van der Waals surface area contributed by atoms with Gasteiger partial charge in [0, 0.05) is 38.5 Å². The van der Waals surface area contributed by atoms with Gasteiger partial charge in [-0.15, -0.1) is 0 Å². The van der Waals surface area contributed by atoms with Gasteiger partial charge in [-0.05, 0) is 104 Å². The van der Waals surface area contributed by atoms with Crippen LogP contribution in [-0.2, 0) is 0 Å². The zero-order valence-electron chi connectivity index (χ0n) is 33.1. The number of furan rings is 2. The maximum absolute atomic E-state index is 6.71. The van der Waals surface area contributed by atoms with E-state index in [1.54, 1.807) is 0 Å². The van der Waals surface area contributed by atoms with Crippen molar-refractivity contribution in [1.82, 2.24) is 0 Å². The number of hydrogen-bond donors (Lipinski definition) is 0. The third-order valence-corrected chi connectivity index (χ3v) is 12.1. The highest BCUT2D eigenvalue weighted by molar-refractivity contribution is 6.31. The van der Waals surface area contributed by atoms with Crippen molar-refractivity contribution in [3.63, 3.8) is 0 Å². The Morgan fingerprint density at radius 3 is 1.38 bits per heavy atom. The molecule has 2 heterocycles. The maximum Gasteiger partial charge on any atom is 0.136 e. The van der Waals surface area contributed by atoms with Crippen molar-refractivity contribution in [1.29, 1.82) is 0 Å². The Bertz CT molecular complexity index is 3550. The van der Waals surface area contributed by atoms with Crippen molar-refractivity contribution >= 4 is 71.7 Å². The normalized spacial score (nSPS) is 11.6. The summed E-state index contributed by atoms with van der Waals surface area (Å²) in [6.45, 7) is 0. The molecule has 12 rings (SSSR count). The van der Waals surface area contributed by atoms with Crippen LogP contribution in [0.4, 0.5) is 17.1 Å². The lowest BCUT2D eigenvalue weighted by atomic mass is 9.93. The van der Waals surface area contributed by atoms with Crippen LogP contribution in [0.3, 0.4) is 0 Å². The predicted molar refractivity (Wildman–Crippen MR) is 255 cm³/mol. The Morgan fingerprint density at radius 1 is 0.262 bits per heavy atom. The standard InChI is InChI=1S/C58H37NO2/c1-3-13-38(14-4-1)40-23-25-42(26-24-40)46-17-9-11-21-51(46)59(44-31-27-41(28-32-44)39-15-5-2-6-16-39)45-33-29-43(30-34-45)50-37-55-56(48-19-8-7-18-47(48)50)58-54(61-55)36-35-53-57(58)49-20-10-12-22-52(49)60-53/h1-37H. The van der Waals surface area contributed by atoms with Gasteiger partial charge < -0.3 is 13.7 Å². The summed E-state index contributed by atoms with van der Waals surface area (Å²) in [5.74, 6) is 0. The van der Waals surface area contributed by atoms with Gasteiger partial charge in [0.05, 0.1) is 5.69 Å². The third kappa shape index (κ3) is 5.90. The molecule has 0 spiro atoms. The third-order valence-electron chi connectivity index (χ3n) is 12.1. The van der Waals surface area contributed by atoms with E-state index in [4.69, 9.17) is 8.83 Å². The van der Waals surface area contributed by atoms with Crippen LogP contribution in [0.25, 0.3) is 99.2 Å². The first-order valence-corrected chi connectivity index (χ1v) is 20.7. The molecule has 0 saturated heterocycles. The van der Waals surface area contributed by atoms with Gasteiger partial charge in [0.25, 0.3) is 0 Å². The molecule has 61 heavy (non-hydrogen) atoms. The van der Waals surface area contributed by atoms with E-state index in [1.165, 1.54) is 27.6 Å². The molecule has 0 radical (unpaired) electrons. The van der Waals surface area contributed by atoms with E-state index in [-0.39, 0.29) is 0 Å². The van der Waals surface area contributed by atoms with Gasteiger partial charge in [0.2, 0.25) is 0 Å². The number of fused-ring (bicyclic) bond motifs is 9. The molecule has 0 amide bonds. The Kier molecular flexibility index (Phi) is 8.17. The molecular weight excluding hydrogens is 743 g/mol. The van der Waals surface area contributed by atoms with Crippen molar-refractivity contribution in [2.75, 3.05) is 4.90 Å². The van der Waals surface area contributed by atoms with Crippen LogP contribution in [0.2, 0.25) is 0 Å². The minimum Gasteiger partial charge on any atom is -0.456 e. The van der Waals surface area contributed by atoms with E-state index in [9.17, 15) is 0 Å². The summed E-state index contributed by atoms with van der Waals surface area (Å²) in [6.07, 6.45) is 0. The molecular formula is C58H37NO2. The average Bonchev–Trinajstić information content (AvgIpc) is 3.91. The van der Waals surface area contributed by atoms with E-state index < -0.39 is 0 Å². The molecule has 3 nitrogen and oxygen atoms in total.